The van der Waals surface area contributed by atoms with Gasteiger partial charge in [-0.1, -0.05) is 35.5 Å². The minimum Gasteiger partial charge on any atom is -0.488 e. The SMILES string of the molecule is Cc1cccc(C)c1NC(=O)CN(C)C(=O)c1ccccc1OCc1c(C)noc1C. The summed E-state index contributed by atoms with van der Waals surface area (Å²) in [5.41, 5.74) is 4.71. The summed E-state index contributed by atoms with van der Waals surface area (Å²) < 4.78 is 11.1. The molecule has 0 unspecified atom stereocenters. The van der Waals surface area contributed by atoms with Crippen LogP contribution in [0, 0.1) is 27.7 Å². The Balaban J connectivity index is 1.68. The Hall–Kier alpha value is -3.61. The molecule has 0 bridgehead atoms. The maximum absolute atomic E-state index is 13.0. The second kappa shape index (κ2) is 9.47. The van der Waals surface area contributed by atoms with E-state index in [4.69, 9.17) is 9.26 Å². The molecule has 162 valence electrons. The van der Waals surface area contributed by atoms with Crippen molar-refractivity contribution in [2.24, 2.45) is 0 Å². The molecule has 0 radical (unpaired) electrons. The molecule has 0 saturated heterocycles. The first kappa shape index (κ1) is 22.1. The molecule has 7 heteroatoms. The number of hydrogen-bond acceptors (Lipinski definition) is 5. The van der Waals surface area contributed by atoms with Gasteiger partial charge in [0.05, 0.1) is 23.4 Å². The summed E-state index contributed by atoms with van der Waals surface area (Å²) in [5.74, 6) is 0.560. The van der Waals surface area contributed by atoms with Crippen molar-refractivity contribution >= 4 is 17.5 Å². The van der Waals surface area contributed by atoms with E-state index < -0.39 is 0 Å². The molecule has 0 aliphatic carbocycles. The summed E-state index contributed by atoms with van der Waals surface area (Å²) in [6, 6.07) is 12.8. The average Bonchev–Trinajstić information content (AvgIpc) is 3.06. The summed E-state index contributed by atoms with van der Waals surface area (Å²) in [4.78, 5) is 26.9. The van der Waals surface area contributed by atoms with Gasteiger partial charge in [-0.2, -0.15) is 0 Å². The highest BCUT2D eigenvalue weighted by Gasteiger charge is 2.20. The highest BCUT2D eigenvalue weighted by molar-refractivity contribution is 6.01. The number of para-hydroxylation sites is 2. The number of carbonyl (C=O) groups is 2. The van der Waals surface area contributed by atoms with Crippen LogP contribution in [0.3, 0.4) is 0 Å². The summed E-state index contributed by atoms with van der Waals surface area (Å²) in [6.07, 6.45) is 0. The van der Waals surface area contributed by atoms with Gasteiger partial charge in [-0.3, -0.25) is 9.59 Å². The highest BCUT2D eigenvalue weighted by Crippen LogP contribution is 2.23. The molecule has 3 rings (SSSR count). The number of aryl methyl sites for hydroxylation is 4. The van der Waals surface area contributed by atoms with Crippen molar-refractivity contribution in [3.63, 3.8) is 0 Å². The third kappa shape index (κ3) is 5.12. The van der Waals surface area contributed by atoms with Crippen LogP contribution in [-0.4, -0.2) is 35.5 Å². The first-order chi connectivity index (χ1) is 14.8. The number of ether oxygens (including phenoxy) is 1. The van der Waals surface area contributed by atoms with Crippen molar-refractivity contribution in [3.05, 3.63) is 76.2 Å². The van der Waals surface area contributed by atoms with Gasteiger partial charge >= 0.3 is 0 Å². The Morgan fingerprint density at radius 3 is 2.35 bits per heavy atom. The maximum atomic E-state index is 13.0. The monoisotopic (exact) mass is 421 g/mol. The minimum atomic E-state index is -0.300. The number of nitrogens with zero attached hydrogens (tertiary/aromatic N) is 2. The van der Waals surface area contributed by atoms with Crippen LogP contribution in [0.4, 0.5) is 5.69 Å². The van der Waals surface area contributed by atoms with Gasteiger partial charge < -0.3 is 19.5 Å². The number of carbonyl (C=O) groups excluding carboxylic acids is 2. The Morgan fingerprint density at radius 1 is 1.03 bits per heavy atom. The number of nitrogens with one attached hydrogen (secondary N) is 1. The zero-order valence-electron chi connectivity index (χ0n) is 18.5. The Morgan fingerprint density at radius 2 is 1.71 bits per heavy atom. The lowest BCUT2D eigenvalue weighted by Gasteiger charge is -2.19. The molecule has 2 amide bonds. The Labute approximate surface area is 182 Å². The van der Waals surface area contributed by atoms with Crippen molar-refractivity contribution in [1.82, 2.24) is 10.1 Å². The predicted molar refractivity (Wildman–Crippen MR) is 118 cm³/mol. The van der Waals surface area contributed by atoms with Crippen LogP contribution in [0.2, 0.25) is 0 Å². The first-order valence-corrected chi connectivity index (χ1v) is 10.0. The lowest BCUT2D eigenvalue weighted by atomic mass is 10.1. The maximum Gasteiger partial charge on any atom is 0.257 e. The fraction of sp³-hybridized carbons (Fsp3) is 0.292. The van der Waals surface area contributed by atoms with E-state index in [2.05, 4.69) is 10.5 Å². The van der Waals surface area contributed by atoms with Gasteiger partial charge in [0.15, 0.2) is 0 Å². The fourth-order valence-electron chi connectivity index (χ4n) is 3.31. The summed E-state index contributed by atoms with van der Waals surface area (Å²) in [7, 11) is 1.59. The molecule has 7 nitrogen and oxygen atoms in total. The molecular formula is C24H27N3O4. The molecular weight excluding hydrogens is 394 g/mol. The van der Waals surface area contributed by atoms with Crippen LogP contribution in [-0.2, 0) is 11.4 Å². The van der Waals surface area contributed by atoms with E-state index in [1.165, 1.54) is 4.90 Å². The number of anilines is 1. The van der Waals surface area contributed by atoms with Crippen molar-refractivity contribution in [3.8, 4) is 5.75 Å². The Bertz CT molecular complexity index is 1060. The predicted octanol–water partition coefficient (Wildman–Crippen LogP) is 4.20. The van der Waals surface area contributed by atoms with Crippen molar-refractivity contribution in [1.29, 1.82) is 0 Å². The molecule has 0 fully saturated rings. The average molecular weight is 421 g/mol. The molecule has 1 heterocycles. The molecule has 0 atom stereocenters. The standard InChI is InChI=1S/C24H27N3O4/c1-15-9-8-10-16(2)23(15)25-22(28)13-27(5)24(29)19-11-6-7-12-21(19)30-14-20-17(3)26-31-18(20)4/h6-12H,13-14H2,1-5H3,(H,25,28). The van der Waals surface area contributed by atoms with E-state index in [1.807, 2.05) is 45.9 Å². The van der Waals surface area contributed by atoms with Gasteiger partial charge in [0.25, 0.3) is 5.91 Å². The van der Waals surface area contributed by atoms with Crippen molar-refractivity contribution < 1.29 is 18.8 Å². The summed E-state index contributed by atoms with van der Waals surface area (Å²) >= 11 is 0. The van der Waals surface area contributed by atoms with Gasteiger partial charge in [-0.05, 0) is 51.0 Å². The van der Waals surface area contributed by atoms with Crippen LogP contribution in [0.5, 0.6) is 5.75 Å². The van der Waals surface area contributed by atoms with Gasteiger partial charge in [0.2, 0.25) is 5.91 Å². The molecule has 0 saturated carbocycles. The highest BCUT2D eigenvalue weighted by atomic mass is 16.5. The third-order valence-electron chi connectivity index (χ3n) is 5.14. The molecule has 1 N–H and O–H groups in total. The zero-order valence-corrected chi connectivity index (χ0v) is 18.5. The lowest BCUT2D eigenvalue weighted by Crippen LogP contribution is -2.35. The smallest absolute Gasteiger partial charge is 0.257 e. The second-order valence-corrected chi connectivity index (χ2v) is 7.56. The zero-order chi connectivity index (χ0) is 22.5. The van der Waals surface area contributed by atoms with E-state index in [1.54, 1.807) is 31.3 Å². The number of benzene rings is 2. The molecule has 31 heavy (non-hydrogen) atoms. The van der Waals surface area contributed by atoms with Crippen LogP contribution in [0.1, 0.15) is 38.5 Å². The first-order valence-electron chi connectivity index (χ1n) is 10.0. The topological polar surface area (TPSA) is 84.7 Å². The molecule has 2 aromatic carbocycles. The van der Waals surface area contributed by atoms with Crippen LogP contribution in [0.25, 0.3) is 0 Å². The van der Waals surface area contributed by atoms with E-state index in [0.29, 0.717) is 17.1 Å². The molecule has 3 aromatic rings. The minimum absolute atomic E-state index is 0.0786. The van der Waals surface area contributed by atoms with Crippen molar-refractivity contribution in [2.45, 2.75) is 34.3 Å². The summed E-state index contributed by atoms with van der Waals surface area (Å²) in [6.45, 7) is 7.69. The number of hydrogen-bond donors (Lipinski definition) is 1. The largest absolute Gasteiger partial charge is 0.488 e. The Kier molecular flexibility index (Phi) is 6.74. The molecule has 0 aliphatic heterocycles. The molecule has 0 aliphatic rings. The van der Waals surface area contributed by atoms with E-state index in [0.717, 1.165) is 28.1 Å². The lowest BCUT2D eigenvalue weighted by molar-refractivity contribution is -0.116. The van der Waals surface area contributed by atoms with Crippen LogP contribution < -0.4 is 10.1 Å². The van der Waals surface area contributed by atoms with Gasteiger partial charge in [0.1, 0.15) is 18.1 Å². The number of likely N-dealkylation sites (N-methyl/N-ethyl adjacent to an activating group) is 1. The van der Waals surface area contributed by atoms with E-state index in [-0.39, 0.29) is 25.0 Å². The normalized spacial score (nSPS) is 10.6. The van der Waals surface area contributed by atoms with Gasteiger partial charge in [-0.25, -0.2) is 0 Å². The third-order valence-corrected chi connectivity index (χ3v) is 5.14. The second-order valence-electron chi connectivity index (χ2n) is 7.56. The number of rotatable bonds is 7. The van der Waals surface area contributed by atoms with Crippen molar-refractivity contribution in [2.75, 3.05) is 18.9 Å². The quantitative estimate of drug-likeness (QED) is 0.618. The van der Waals surface area contributed by atoms with Crippen LogP contribution in [0.15, 0.2) is 47.0 Å². The van der Waals surface area contributed by atoms with Gasteiger partial charge in [0, 0.05) is 12.7 Å². The molecule has 0 spiro atoms. The molecule has 1 aromatic heterocycles. The number of amides is 2. The fourth-order valence-corrected chi connectivity index (χ4v) is 3.31. The number of aromatic nitrogens is 1. The van der Waals surface area contributed by atoms with E-state index >= 15 is 0 Å². The van der Waals surface area contributed by atoms with E-state index in [9.17, 15) is 9.59 Å². The van der Waals surface area contributed by atoms with Crippen LogP contribution >= 0.6 is 0 Å². The summed E-state index contributed by atoms with van der Waals surface area (Å²) in [5, 5.41) is 6.82. The van der Waals surface area contributed by atoms with Gasteiger partial charge in [-0.15, -0.1) is 0 Å².